The van der Waals surface area contributed by atoms with E-state index < -0.39 is 60.1 Å². The van der Waals surface area contributed by atoms with Gasteiger partial charge in [0.15, 0.2) is 0 Å². The van der Waals surface area contributed by atoms with Crippen LogP contribution in [0.4, 0.5) is 36.8 Å². The number of nitrogens with zero attached hydrogens (tertiary/aromatic N) is 2. The zero-order valence-corrected chi connectivity index (χ0v) is 22.2. The highest BCUT2D eigenvalue weighted by Gasteiger charge is 2.38. The van der Waals surface area contributed by atoms with Crippen LogP contribution in [-0.2, 0) is 33.2 Å². The van der Waals surface area contributed by atoms with Crippen LogP contribution in [0.1, 0.15) is 72.3 Å². The number of hydrogen-bond acceptors (Lipinski definition) is 5. The highest BCUT2D eigenvalue weighted by molar-refractivity contribution is 5.93. The van der Waals surface area contributed by atoms with E-state index in [1.165, 1.54) is 23.1 Å². The van der Waals surface area contributed by atoms with E-state index in [9.17, 15) is 40.7 Å². The highest BCUT2D eigenvalue weighted by atomic mass is 19.4. The molecule has 2 aromatic rings. The van der Waals surface area contributed by atoms with Gasteiger partial charge in [0.25, 0.3) is 0 Å². The number of anilines is 1. The third-order valence-corrected chi connectivity index (χ3v) is 6.30. The van der Waals surface area contributed by atoms with Crippen molar-refractivity contribution in [2.24, 2.45) is 0 Å². The molecule has 3 rings (SSSR count). The maximum atomic E-state index is 13.5. The van der Waals surface area contributed by atoms with Crippen LogP contribution in [0.3, 0.4) is 0 Å². The zero-order valence-electron chi connectivity index (χ0n) is 22.2. The van der Waals surface area contributed by atoms with E-state index in [2.05, 4.69) is 0 Å². The molecule has 0 aromatic heterocycles. The van der Waals surface area contributed by atoms with Crippen molar-refractivity contribution < 1.29 is 50.2 Å². The lowest BCUT2D eigenvalue weighted by atomic mass is 9.96. The summed E-state index contributed by atoms with van der Waals surface area (Å²) in [6, 6.07) is 4.52. The minimum Gasteiger partial charge on any atom is -0.465 e. The molecule has 1 atom stereocenters. The van der Waals surface area contributed by atoms with Crippen molar-refractivity contribution in [2.75, 3.05) is 18.6 Å². The van der Waals surface area contributed by atoms with Crippen LogP contribution in [0.2, 0.25) is 0 Å². The third-order valence-electron chi connectivity index (χ3n) is 6.30. The van der Waals surface area contributed by atoms with Crippen LogP contribution in [0.5, 0.6) is 0 Å². The summed E-state index contributed by atoms with van der Waals surface area (Å²) >= 11 is 0. The second-order valence-electron chi connectivity index (χ2n) is 9.57. The highest BCUT2D eigenvalue weighted by Crippen LogP contribution is 2.40. The Morgan fingerprint density at radius 2 is 1.60 bits per heavy atom. The van der Waals surface area contributed by atoms with Gasteiger partial charge in [-0.15, -0.1) is 0 Å². The maximum absolute atomic E-state index is 13.5. The van der Waals surface area contributed by atoms with E-state index in [1.54, 1.807) is 13.8 Å². The Bertz CT molecular complexity index is 1240. The largest absolute Gasteiger partial charge is 0.465 e. The number of fused-ring (bicyclic) bond motifs is 1. The van der Waals surface area contributed by atoms with Gasteiger partial charge in [-0.3, -0.25) is 9.69 Å². The molecule has 218 valence electrons. The Kier molecular flexibility index (Phi) is 9.05. The van der Waals surface area contributed by atoms with Gasteiger partial charge in [0.1, 0.15) is 0 Å². The molecule has 1 aliphatic heterocycles. The second kappa shape index (κ2) is 11.8. The molecule has 1 aliphatic rings. The smallest absolute Gasteiger partial charge is 0.416 e. The van der Waals surface area contributed by atoms with Gasteiger partial charge >= 0.3 is 24.4 Å². The van der Waals surface area contributed by atoms with Crippen molar-refractivity contribution in [1.82, 2.24) is 4.90 Å². The number of carbonyl (C=O) groups is 3. The monoisotopic (exact) mass is 574 g/mol. The van der Waals surface area contributed by atoms with E-state index in [-0.39, 0.29) is 35.8 Å². The average molecular weight is 575 g/mol. The number of benzene rings is 2. The van der Waals surface area contributed by atoms with Crippen LogP contribution >= 0.6 is 0 Å². The number of ether oxygens (including phenoxy) is 2. The minimum atomic E-state index is -5.06. The molecule has 2 aromatic carbocycles. The summed E-state index contributed by atoms with van der Waals surface area (Å²) in [6.07, 6.45) is -10.8. The van der Waals surface area contributed by atoms with E-state index in [4.69, 9.17) is 9.47 Å². The number of hydrogen-bond donors (Lipinski definition) is 0. The summed E-state index contributed by atoms with van der Waals surface area (Å²) < 4.78 is 90.9. The molecule has 0 bridgehead atoms. The lowest BCUT2D eigenvalue weighted by Gasteiger charge is -2.33. The van der Waals surface area contributed by atoms with Gasteiger partial charge in [0.05, 0.1) is 41.6 Å². The summed E-state index contributed by atoms with van der Waals surface area (Å²) in [6.45, 7) is 4.01. The average Bonchev–Trinajstić information content (AvgIpc) is 3.04. The fraction of sp³-hybridized carbons (Fsp3) is 0.444. The quantitative estimate of drug-likeness (QED) is 0.292. The van der Waals surface area contributed by atoms with E-state index in [0.717, 1.165) is 18.9 Å². The van der Waals surface area contributed by atoms with Crippen LogP contribution in [0.25, 0.3) is 0 Å². The molecule has 2 amide bonds. The molecule has 40 heavy (non-hydrogen) atoms. The SMILES string of the molecule is COC(=O)c1ccc2c(c1)C(N(Cc1cc(C(F)(F)F)cc(C(F)(F)F)c1)C(C)=O)CCCN2C(=O)OC(C)C. The molecule has 0 saturated heterocycles. The number of amides is 2. The van der Waals surface area contributed by atoms with Crippen molar-refractivity contribution in [1.29, 1.82) is 0 Å². The van der Waals surface area contributed by atoms with Crippen molar-refractivity contribution in [2.45, 2.75) is 64.7 Å². The van der Waals surface area contributed by atoms with Crippen LogP contribution < -0.4 is 4.90 Å². The Morgan fingerprint density at radius 1 is 1.00 bits per heavy atom. The van der Waals surface area contributed by atoms with E-state index >= 15 is 0 Å². The fourth-order valence-corrected chi connectivity index (χ4v) is 4.56. The predicted octanol–water partition coefficient (Wildman–Crippen LogP) is 6.75. The number of halogens is 6. The number of methoxy groups -OCH3 is 1. The zero-order chi connectivity index (χ0) is 30.0. The first-order valence-electron chi connectivity index (χ1n) is 12.3. The van der Waals surface area contributed by atoms with E-state index in [1.807, 2.05) is 0 Å². The van der Waals surface area contributed by atoms with Gasteiger partial charge in [0, 0.05) is 20.0 Å². The molecular weight excluding hydrogens is 546 g/mol. The number of alkyl halides is 6. The Hall–Kier alpha value is -3.77. The minimum absolute atomic E-state index is 0.0173. The summed E-state index contributed by atoms with van der Waals surface area (Å²) in [7, 11) is 1.16. The number of esters is 1. The molecule has 0 N–H and O–H groups in total. The second-order valence-corrected chi connectivity index (χ2v) is 9.57. The van der Waals surface area contributed by atoms with Gasteiger partial charge in [-0.05, 0) is 74.2 Å². The van der Waals surface area contributed by atoms with Gasteiger partial charge in [0.2, 0.25) is 5.91 Å². The summed E-state index contributed by atoms with van der Waals surface area (Å²) in [5, 5.41) is 0. The number of rotatable bonds is 5. The first-order valence-corrected chi connectivity index (χ1v) is 12.3. The van der Waals surface area contributed by atoms with Gasteiger partial charge in [-0.2, -0.15) is 26.3 Å². The van der Waals surface area contributed by atoms with Crippen LogP contribution in [0.15, 0.2) is 36.4 Å². The Labute approximate surface area is 226 Å². The van der Waals surface area contributed by atoms with Crippen LogP contribution in [-0.4, -0.2) is 42.6 Å². The predicted molar refractivity (Wildman–Crippen MR) is 131 cm³/mol. The van der Waals surface area contributed by atoms with Gasteiger partial charge < -0.3 is 14.4 Å². The normalized spacial score (nSPS) is 15.8. The maximum Gasteiger partial charge on any atom is 0.416 e. The van der Waals surface area contributed by atoms with Crippen molar-refractivity contribution in [3.63, 3.8) is 0 Å². The van der Waals surface area contributed by atoms with Crippen molar-refractivity contribution >= 4 is 23.7 Å². The van der Waals surface area contributed by atoms with Gasteiger partial charge in [-0.1, -0.05) is 0 Å². The standard InChI is InChI=1S/C27H28F6N2O5/c1-15(2)40-25(38)34-9-5-6-22(21-12-18(24(37)39-4)7-8-23(21)34)35(16(3)36)14-17-10-19(26(28,29)30)13-20(11-17)27(31,32)33/h7-8,10-13,15,22H,5-6,9,14H2,1-4H3. The fourth-order valence-electron chi connectivity index (χ4n) is 4.56. The lowest BCUT2D eigenvalue weighted by Crippen LogP contribution is -2.35. The van der Waals surface area contributed by atoms with Crippen LogP contribution in [0, 0.1) is 0 Å². The molecule has 13 heteroatoms. The first-order chi connectivity index (χ1) is 18.5. The van der Waals surface area contributed by atoms with Gasteiger partial charge in [-0.25, -0.2) is 9.59 Å². The molecular formula is C27H28F6N2O5. The summed E-state index contributed by atoms with van der Waals surface area (Å²) in [4.78, 5) is 40.5. The molecule has 7 nitrogen and oxygen atoms in total. The Balaban J connectivity index is 2.15. The van der Waals surface area contributed by atoms with E-state index in [0.29, 0.717) is 24.1 Å². The third kappa shape index (κ3) is 7.05. The Morgan fingerprint density at radius 3 is 2.10 bits per heavy atom. The molecule has 0 aliphatic carbocycles. The molecule has 0 radical (unpaired) electrons. The summed E-state index contributed by atoms with van der Waals surface area (Å²) in [5.74, 6) is -1.35. The van der Waals surface area contributed by atoms with Crippen molar-refractivity contribution in [3.05, 3.63) is 64.2 Å². The molecule has 0 fully saturated rings. The molecule has 0 saturated carbocycles. The first kappa shape index (κ1) is 30.8. The lowest BCUT2D eigenvalue weighted by molar-refractivity contribution is -0.143. The molecule has 1 heterocycles. The molecule has 1 unspecified atom stereocenters. The molecule has 0 spiro atoms. The van der Waals surface area contributed by atoms with Crippen molar-refractivity contribution in [3.8, 4) is 0 Å². The summed E-state index contributed by atoms with van der Waals surface area (Å²) in [5.41, 5.74) is -2.74. The number of carbonyl (C=O) groups excluding carboxylic acids is 3. The topological polar surface area (TPSA) is 76.2 Å².